The van der Waals surface area contributed by atoms with Gasteiger partial charge >= 0.3 is 6.09 Å². The fourth-order valence-electron chi connectivity index (χ4n) is 1.68. The van der Waals surface area contributed by atoms with Gasteiger partial charge in [0, 0.05) is 19.3 Å². The Balaban J connectivity index is 2.71. The highest BCUT2D eigenvalue weighted by atomic mass is 16.6. The lowest BCUT2D eigenvalue weighted by molar-refractivity contribution is 0.0285. The Labute approximate surface area is 115 Å². The van der Waals surface area contributed by atoms with Gasteiger partial charge < -0.3 is 15.0 Å². The predicted octanol–water partition coefficient (Wildman–Crippen LogP) is 3.49. The fraction of sp³-hybridized carbons (Fsp3) is 0.533. The molecule has 4 heteroatoms. The summed E-state index contributed by atoms with van der Waals surface area (Å²) in [6.07, 6.45) is -0.307. The van der Waals surface area contributed by atoms with Gasteiger partial charge in [0.1, 0.15) is 5.60 Å². The first-order valence-corrected chi connectivity index (χ1v) is 6.59. The largest absolute Gasteiger partial charge is 0.444 e. The third-order valence-electron chi connectivity index (χ3n) is 2.50. The molecular formula is C15H24N2O2. The van der Waals surface area contributed by atoms with Gasteiger partial charge in [-0.1, -0.05) is 18.2 Å². The van der Waals surface area contributed by atoms with Crippen molar-refractivity contribution in [3.05, 3.63) is 29.8 Å². The average Bonchev–Trinajstić information content (AvgIpc) is 2.29. The Morgan fingerprint density at radius 1 is 1.32 bits per heavy atom. The maximum Gasteiger partial charge on any atom is 0.410 e. The Morgan fingerprint density at radius 3 is 2.53 bits per heavy atom. The van der Waals surface area contributed by atoms with Gasteiger partial charge in [-0.3, -0.25) is 0 Å². The molecule has 1 amide bonds. The van der Waals surface area contributed by atoms with Crippen molar-refractivity contribution < 1.29 is 9.53 Å². The second-order valence-electron chi connectivity index (χ2n) is 5.52. The highest BCUT2D eigenvalue weighted by Crippen LogP contribution is 2.18. The zero-order chi connectivity index (χ0) is 14.5. The molecule has 1 aromatic rings. The van der Waals surface area contributed by atoms with Crippen LogP contribution in [0.1, 0.15) is 33.3 Å². The van der Waals surface area contributed by atoms with Crippen molar-refractivity contribution >= 4 is 11.8 Å². The summed E-state index contributed by atoms with van der Waals surface area (Å²) in [6.45, 7) is 9.03. The molecule has 0 aliphatic heterocycles. The van der Waals surface area contributed by atoms with Gasteiger partial charge in [0.2, 0.25) is 0 Å². The summed E-state index contributed by atoms with van der Waals surface area (Å²) in [5.41, 5.74) is 1.67. The van der Waals surface area contributed by atoms with E-state index < -0.39 is 5.60 Å². The van der Waals surface area contributed by atoms with E-state index in [2.05, 4.69) is 5.32 Å². The van der Waals surface area contributed by atoms with Crippen LogP contribution in [-0.2, 0) is 11.3 Å². The molecule has 0 saturated heterocycles. The van der Waals surface area contributed by atoms with Crippen molar-refractivity contribution in [3.8, 4) is 0 Å². The smallest absolute Gasteiger partial charge is 0.410 e. The van der Waals surface area contributed by atoms with Crippen LogP contribution >= 0.6 is 0 Å². The highest BCUT2D eigenvalue weighted by Gasteiger charge is 2.20. The molecule has 19 heavy (non-hydrogen) atoms. The summed E-state index contributed by atoms with van der Waals surface area (Å²) >= 11 is 0. The lowest BCUT2D eigenvalue weighted by Crippen LogP contribution is -2.33. The predicted molar refractivity (Wildman–Crippen MR) is 78.3 cm³/mol. The minimum atomic E-state index is -0.466. The molecule has 0 aliphatic rings. The number of rotatable bonds is 4. The van der Waals surface area contributed by atoms with Gasteiger partial charge in [-0.15, -0.1) is 0 Å². The summed E-state index contributed by atoms with van der Waals surface area (Å²) in [7, 11) is 1.75. The van der Waals surface area contributed by atoms with Crippen LogP contribution < -0.4 is 5.32 Å². The number of anilines is 1. The maximum absolute atomic E-state index is 11.9. The monoisotopic (exact) mass is 264 g/mol. The Bertz CT molecular complexity index is 424. The quantitative estimate of drug-likeness (QED) is 0.905. The van der Waals surface area contributed by atoms with Crippen molar-refractivity contribution in [2.75, 3.05) is 18.9 Å². The number of benzene rings is 1. The standard InChI is InChI=1S/C15H24N2O2/c1-6-16-13-10-8-7-9-12(13)11-17(5)14(18)19-15(2,3)4/h7-10,16H,6,11H2,1-5H3. The fourth-order valence-corrected chi connectivity index (χ4v) is 1.68. The van der Waals surface area contributed by atoms with E-state index in [1.807, 2.05) is 52.0 Å². The topological polar surface area (TPSA) is 41.6 Å². The lowest BCUT2D eigenvalue weighted by atomic mass is 10.1. The molecule has 1 aromatic carbocycles. The van der Waals surface area contributed by atoms with Gasteiger partial charge in [-0.25, -0.2) is 4.79 Å². The number of nitrogens with one attached hydrogen (secondary N) is 1. The second-order valence-corrected chi connectivity index (χ2v) is 5.52. The zero-order valence-corrected chi connectivity index (χ0v) is 12.5. The Morgan fingerprint density at radius 2 is 1.95 bits per heavy atom. The minimum Gasteiger partial charge on any atom is -0.444 e. The number of carbonyl (C=O) groups excluding carboxylic acids is 1. The van der Waals surface area contributed by atoms with E-state index in [1.54, 1.807) is 11.9 Å². The molecule has 1 rings (SSSR count). The number of nitrogens with zero attached hydrogens (tertiary/aromatic N) is 1. The molecule has 0 heterocycles. The van der Waals surface area contributed by atoms with E-state index in [0.29, 0.717) is 6.54 Å². The first-order valence-electron chi connectivity index (χ1n) is 6.59. The van der Waals surface area contributed by atoms with Crippen LogP contribution in [0.15, 0.2) is 24.3 Å². The van der Waals surface area contributed by atoms with Crippen molar-refractivity contribution in [3.63, 3.8) is 0 Å². The van der Waals surface area contributed by atoms with E-state index in [-0.39, 0.29) is 6.09 Å². The average molecular weight is 264 g/mol. The number of amides is 1. The van der Waals surface area contributed by atoms with Crippen LogP contribution in [0.3, 0.4) is 0 Å². The maximum atomic E-state index is 11.9. The molecule has 0 radical (unpaired) electrons. The molecule has 0 spiro atoms. The highest BCUT2D eigenvalue weighted by molar-refractivity contribution is 5.68. The number of carbonyl (C=O) groups is 1. The summed E-state index contributed by atoms with van der Waals surface area (Å²) in [5, 5.41) is 3.29. The van der Waals surface area contributed by atoms with Gasteiger partial charge in [-0.2, -0.15) is 0 Å². The van der Waals surface area contributed by atoms with Crippen LogP contribution in [0.2, 0.25) is 0 Å². The third kappa shape index (κ3) is 5.20. The third-order valence-corrected chi connectivity index (χ3v) is 2.50. The number of ether oxygens (including phenoxy) is 1. The molecule has 0 fully saturated rings. The van der Waals surface area contributed by atoms with Crippen molar-refractivity contribution in [2.24, 2.45) is 0 Å². The molecule has 106 valence electrons. The van der Waals surface area contributed by atoms with Gasteiger partial charge in [0.05, 0.1) is 6.54 Å². The summed E-state index contributed by atoms with van der Waals surface area (Å²) in [5.74, 6) is 0. The van der Waals surface area contributed by atoms with Crippen LogP contribution in [0.25, 0.3) is 0 Å². The van der Waals surface area contributed by atoms with E-state index in [9.17, 15) is 4.79 Å². The number of hydrogen-bond donors (Lipinski definition) is 1. The van der Waals surface area contributed by atoms with Crippen LogP contribution in [0.4, 0.5) is 10.5 Å². The molecule has 0 aliphatic carbocycles. The van der Waals surface area contributed by atoms with Crippen molar-refractivity contribution in [2.45, 2.75) is 39.8 Å². The molecular weight excluding hydrogens is 240 g/mol. The van der Waals surface area contributed by atoms with Crippen LogP contribution in [0, 0.1) is 0 Å². The van der Waals surface area contributed by atoms with Gasteiger partial charge in [-0.05, 0) is 39.3 Å². The van der Waals surface area contributed by atoms with Gasteiger partial charge in [0.25, 0.3) is 0 Å². The molecule has 0 saturated carbocycles. The summed E-state index contributed by atoms with van der Waals surface area (Å²) in [4.78, 5) is 13.5. The summed E-state index contributed by atoms with van der Waals surface area (Å²) in [6, 6.07) is 7.98. The van der Waals surface area contributed by atoms with E-state index in [1.165, 1.54) is 0 Å². The van der Waals surface area contributed by atoms with E-state index in [4.69, 9.17) is 4.74 Å². The molecule has 4 nitrogen and oxygen atoms in total. The minimum absolute atomic E-state index is 0.307. The molecule has 0 unspecified atom stereocenters. The van der Waals surface area contributed by atoms with Crippen molar-refractivity contribution in [1.82, 2.24) is 4.90 Å². The normalized spacial score (nSPS) is 11.0. The molecule has 1 N–H and O–H groups in total. The van der Waals surface area contributed by atoms with Crippen LogP contribution in [-0.4, -0.2) is 30.2 Å². The number of para-hydroxylation sites is 1. The molecule has 0 aromatic heterocycles. The van der Waals surface area contributed by atoms with E-state index >= 15 is 0 Å². The zero-order valence-electron chi connectivity index (χ0n) is 12.5. The van der Waals surface area contributed by atoms with Gasteiger partial charge in [0.15, 0.2) is 0 Å². The van der Waals surface area contributed by atoms with Crippen LogP contribution in [0.5, 0.6) is 0 Å². The molecule has 0 atom stereocenters. The Hall–Kier alpha value is -1.71. The Kier molecular flexibility index (Phi) is 5.21. The van der Waals surface area contributed by atoms with E-state index in [0.717, 1.165) is 17.8 Å². The first-order chi connectivity index (χ1) is 8.83. The first kappa shape index (κ1) is 15.3. The van der Waals surface area contributed by atoms with Crippen molar-refractivity contribution in [1.29, 1.82) is 0 Å². The summed E-state index contributed by atoms with van der Waals surface area (Å²) < 4.78 is 5.34. The second kappa shape index (κ2) is 6.45. The lowest BCUT2D eigenvalue weighted by Gasteiger charge is -2.25. The molecule has 0 bridgehead atoms. The SMILES string of the molecule is CCNc1ccccc1CN(C)C(=O)OC(C)(C)C. The number of hydrogen-bond acceptors (Lipinski definition) is 3.